The Morgan fingerprint density at radius 3 is 2.63 bits per heavy atom. The highest BCUT2D eigenvalue weighted by Gasteiger charge is 2.20. The number of primary amides is 1. The number of nitrogens with two attached hydrogens (primary N) is 1. The number of hydrogen-bond acceptors (Lipinski definition) is 4. The van der Waals surface area contributed by atoms with Crippen LogP contribution in [0.2, 0.25) is 0 Å². The predicted octanol–water partition coefficient (Wildman–Crippen LogP) is 1.92. The summed E-state index contributed by atoms with van der Waals surface area (Å²) in [6.07, 6.45) is 2.48. The molecule has 140 valence electrons. The van der Waals surface area contributed by atoms with Crippen LogP contribution in [0.5, 0.6) is 0 Å². The number of amides is 1. The maximum absolute atomic E-state index is 13.1. The first-order valence-electron chi connectivity index (χ1n) is 8.58. The molecule has 6 nitrogen and oxygen atoms in total. The van der Waals surface area contributed by atoms with Gasteiger partial charge in [-0.2, -0.15) is 0 Å². The first-order chi connectivity index (χ1) is 12.9. The first-order valence-corrected chi connectivity index (χ1v) is 8.58. The van der Waals surface area contributed by atoms with Gasteiger partial charge in [0, 0.05) is 12.8 Å². The van der Waals surface area contributed by atoms with Crippen molar-refractivity contribution in [2.45, 2.75) is 19.8 Å². The molecule has 0 aliphatic heterocycles. The Morgan fingerprint density at radius 1 is 1.30 bits per heavy atom. The average molecular weight is 369 g/mol. The predicted molar refractivity (Wildman–Crippen MR) is 100 cm³/mol. The number of aromatic amines is 1. The van der Waals surface area contributed by atoms with Crippen molar-refractivity contribution >= 4 is 16.9 Å². The van der Waals surface area contributed by atoms with Gasteiger partial charge >= 0.3 is 0 Å². The molecular formula is C20H20FN3O3. The molecule has 1 aromatic carbocycles. The zero-order chi connectivity index (χ0) is 19.6. The molecule has 0 saturated heterocycles. The molecule has 0 aliphatic carbocycles. The van der Waals surface area contributed by atoms with Crippen LogP contribution < -0.4 is 11.3 Å². The highest BCUT2D eigenvalue weighted by Crippen LogP contribution is 2.21. The van der Waals surface area contributed by atoms with Crippen molar-refractivity contribution in [2.75, 3.05) is 6.61 Å². The summed E-state index contributed by atoms with van der Waals surface area (Å²) in [6.45, 7) is 1.72. The number of nitrogens with zero attached hydrogens (tertiary/aromatic N) is 1. The summed E-state index contributed by atoms with van der Waals surface area (Å²) < 4.78 is 13.1. The van der Waals surface area contributed by atoms with Gasteiger partial charge < -0.3 is 15.8 Å². The number of hydrogen-bond donors (Lipinski definition) is 3. The van der Waals surface area contributed by atoms with Crippen LogP contribution in [0.1, 0.15) is 34.0 Å². The Morgan fingerprint density at radius 2 is 2.00 bits per heavy atom. The minimum absolute atomic E-state index is 0.0882. The highest BCUT2D eigenvalue weighted by molar-refractivity contribution is 5.98. The van der Waals surface area contributed by atoms with Gasteiger partial charge in [0.25, 0.3) is 11.5 Å². The molecule has 0 fully saturated rings. The standard InChI is InChI=1S/C20H20FN3O3/c1-11(10-25)6-15-17(19(22)26)20(27)24-16-8-13(9-23-18(15)16)7-12-2-4-14(21)5-3-12/h2-5,8-9,11,25H,6-7,10H2,1H3,(H2,22,26)(H,24,27). The third kappa shape index (κ3) is 4.03. The molecule has 0 saturated carbocycles. The summed E-state index contributed by atoms with van der Waals surface area (Å²) in [4.78, 5) is 31.3. The molecule has 1 unspecified atom stereocenters. The van der Waals surface area contributed by atoms with Gasteiger partial charge in [-0.3, -0.25) is 14.6 Å². The van der Waals surface area contributed by atoms with Crippen molar-refractivity contribution in [3.05, 3.63) is 75.0 Å². The molecule has 27 heavy (non-hydrogen) atoms. The number of aliphatic hydroxyl groups excluding tert-OH is 1. The SMILES string of the molecule is CC(CO)Cc1c(C(N)=O)c(=O)[nH]c2cc(Cc3ccc(F)cc3)cnc12. The lowest BCUT2D eigenvalue weighted by Gasteiger charge is -2.14. The van der Waals surface area contributed by atoms with Gasteiger partial charge in [-0.05, 0) is 53.6 Å². The number of nitrogens with one attached hydrogen (secondary N) is 1. The van der Waals surface area contributed by atoms with Crippen LogP contribution in [0.3, 0.4) is 0 Å². The third-order valence-corrected chi connectivity index (χ3v) is 4.44. The van der Waals surface area contributed by atoms with Crippen molar-refractivity contribution in [1.29, 1.82) is 0 Å². The third-order valence-electron chi connectivity index (χ3n) is 4.44. The number of fused-ring (bicyclic) bond motifs is 1. The monoisotopic (exact) mass is 369 g/mol. The average Bonchev–Trinajstić information content (AvgIpc) is 2.62. The van der Waals surface area contributed by atoms with E-state index in [1.165, 1.54) is 12.1 Å². The minimum Gasteiger partial charge on any atom is -0.396 e. The van der Waals surface area contributed by atoms with E-state index in [0.29, 0.717) is 29.4 Å². The number of benzene rings is 1. The van der Waals surface area contributed by atoms with Crippen molar-refractivity contribution in [2.24, 2.45) is 11.7 Å². The van der Waals surface area contributed by atoms with Crippen LogP contribution in [-0.2, 0) is 12.8 Å². The van der Waals surface area contributed by atoms with Crippen LogP contribution in [0.25, 0.3) is 11.0 Å². The maximum atomic E-state index is 13.1. The number of carbonyl (C=O) groups is 1. The number of H-pyrrole nitrogens is 1. The molecule has 3 aromatic rings. The van der Waals surface area contributed by atoms with E-state index >= 15 is 0 Å². The lowest BCUT2D eigenvalue weighted by atomic mass is 9.96. The molecule has 2 aromatic heterocycles. The number of halogens is 1. The Bertz CT molecular complexity index is 1040. The molecule has 1 amide bonds. The van der Waals surface area contributed by atoms with E-state index in [-0.39, 0.29) is 23.9 Å². The van der Waals surface area contributed by atoms with E-state index in [2.05, 4.69) is 9.97 Å². The van der Waals surface area contributed by atoms with Gasteiger partial charge in [0.2, 0.25) is 0 Å². The van der Waals surface area contributed by atoms with Crippen LogP contribution >= 0.6 is 0 Å². The quantitative estimate of drug-likeness (QED) is 0.617. The van der Waals surface area contributed by atoms with Gasteiger partial charge in [-0.15, -0.1) is 0 Å². The lowest BCUT2D eigenvalue weighted by molar-refractivity contribution is 0.0997. The van der Waals surface area contributed by atoms with E-state index in [9.17, 15) is 19.1 Å². The molecule has 0 spiro atoms. The van der Waals surface area contributed by atoms with Crippen molar-refractivity contribution < 1.29 is 14.3 Å². The molecule has 0 radical (unpaired) electrons. The largest absolute Gasteiger partial charge is 0.396 e. The number of rotatable bonds is 6. The fourth-order valence-corrected chi connectivity index (χ4v) is 3.09. The minimum atomic E-state index is -0.824. The second-order valence-corrected chi connectivity index (χ2v) is 6.71. The van der Waals surface area contributed by atoms with Gasteiger partial charge in [-0.1, -0.05) is 19.1 Å². The number of carbonyl (C=O) groups excluding carboxylic acids is 1. The molecule has 3 rings (SSSR count). The Labute approximate surface area is 154 Å². The fraction of sp³-hybridized carbons (Fsp3) is 0.250. The van der Waals surface area contributed by atoms with E-state index in [4.69, 9.17) is 5.73 Å². The molecule has 7 heteroatoms. The number of aromatic nitrogens is 2. The van der Waals surface area contributed by atoms with Crippen LogP contribution in [0, 0.1) is 11.7 Å². The smallest absolute Gasteiger partial charge is 0.261 e. The first kappa shape index (κ1) is 18.7. The van der Waals surface area contributed by atoms with Gasteiger partial charge in [-0.25, -0.2) is 4.39 Å². The van der Waals surface area contributed by atoms with Gasteiger partial charge in [0.1, 0.15) is 11.4 Å². The van der Waals surface area contributed by atoms with Gasteiger partial charge in [0.15, 0.2) is 0 Å². The summed E-state index contributed by atoms with van der Waals surface area (Å²) >= 11 is 0. The second kappa shape index (κ2) is 7.67. The van der Waals surface area contributed by atoms with Crippen molar-refractivity contribution in [1.82, 2.24) is 9.97 Å². The van der Waals surface area contributed by atoms with Crippen LogP contribution in [0.15, 0.2) is 41.3 Å². The summed E-state index contributed by atoms with van der Waals surface area (Å²) in [5.74, 6) is -1.29. The summed E-state index contributed by atoms with van der Waals surface area (Å²) in [5, 5.41) is 9.35. The lowest BCUT2D eigenvalue weighted by Crippen LogP contribution is -2.27. The van der Waals surface area contributed by atoms with Crippen molar-refractivity contribution in [3.63, 3.8) is 0 Å². The van der Waals surface area contributed by atoms with E-state index < -0.39 is 11.5 Å². The Hall–Kier alpha value is -3.06. The zero-order valence-electron chi connectivity index (χ0n) is 14.8. The molecular weight excluding hydrogens is 349 g/mol. The molecule has 0 aliphatic rings. The molecule has 0 bridgehead atoms. The zero-order valence-corrected chi connectivity index (χ0v) is 14.8. The Kier molecular flexibility index (Phi) is 5.32. The summed E-state index contributed by atoms with van der Waals surface area (Å²) in [6, 6.07) is 7.93. The molecule has 2 heterocycles. The number of aliphatic hydroxyl groups is 1. The maximum Gasteiger partial charge on any atom is 0.261 e. The van der Waals surface area contributed by atoms with E-state index in [1.807, 2.05) is 0 Å². The topological polar surface area (TPSA) is 109 Å². The molecule has 1 atom stereocenters. The fourth-order valence-electron chi connectivity index (χ4n) is 3.09. The Balaban J connectivity index is 2.08. The van der Waals surface area contributed by atoms with Gasteiger partial charge in [0.05, 0.1) is 11.0 Å². The normalized spacial score (nSPS) is 12.3. The van der Waals surface area contributed by atoms with E-state index in [0.717, 1.165) is 11.1 Å². The number of pyridine rings is 2. The summed E-state index contributed by atoms with van der Waals surface area (Å²) in [7, 11) is 0. The van der Waals surface area contributed by atoms with Crippen molar-refractivity contribution in [3.8, 4) is 0 Å². The second-order valence-electron chi connectivity index (χ2n) is 6.71. The molecule has 4 N–H and O–H groups in total. The highest BCUT2D eigenvalue weighted by atomic mass is 19.1. The van der Waals surface area contributed by atoms with Crippen LogP contribution in [-0.4, -0.2) is 27.6 Å². The van der Waals surface area contributed by atoms with E-state index in [1.54, 1.807) is 31.3 Å². The summed E-state index contributed by atoms with van der Waals surface area (Å²) in [5.41, 5.74) is 7.84. The van der Waals surface area contributed by atoms with Crippen LogP contribution in [0.4, 0.5) is 4.39 Å².